The third-order valence-electron chi connectivity index (χ3n) is 6.24. The van der Waals surface area contributed by atoms with Crippen LogP contribution in [-0.4, -0.2) is 64.6 Å². The maximum atomic E-state index is 12.4. The zero-order chi connectivity index (χ0) is 17.3. The van der Waals surface area contributed by atoms with Gasteiger partial charge in [-0.3, -0.25) is 9.69 Å². The number of ether oxygens (including phenoxy) is 1. The highest BCUT2D eigenvalue weighted by Gasteiger charge is 2.41. The molecule has 0 aliphatic carbocycles. The van der Waals surface area contributed by atoms with Gasteiger partial charge in [-0.2, -0.15) is 0 Å². The highest BCUT2D eigenvalue weighted by atomic mass is 16.5. The molecule has 3 fully saturated rings. The van der Waals surface area contributed by atoms with Gasteiger partial charge in [0.2, 0.25) is 5.91 Å². The zero-order valence-electron chi connectivity index (χ0n) is 15.3. The largest absolute Gasteiger partial charge is 0.376 e. The van der Waals surface area contributed by atoms with Crippen LogP contribution in [0.25, 0.3) is 0 Å². The molecule has 0 saturated carbocycles. The number of aromatic amines is 1. The van der Waals surface area contributed by atoms with Gasteiger partial charge in [0.15, 0.2) is 0 Å². The van der Waals surface area contributed by atoms with E-state index in [0.29, 0.717) is 17.7 Å². The van der Waals surface area contributed by atoms with Gasteiger partial charge in [0, 0.05) is 38.0 Å². The first kappa shape index (κ1) is 17.0. The molecular weight excluding hydrogens is 316 g/mol. The molecule has 1 aromatic rings. The van der Waals surface area contributed by atoms with Gasteiger partial charge in [-0.15, -0.1) is 0 Å². The molecule has 6 nitrogen and oxygen atoms in total. The number of carbonyl (C=O) groups excluding carboxylic acids is 1. The Labute approximate surface area is 149 Å². The number of amides is 1. The Kier molecular flexibility index (Phi) is 4.82. The molecule has 25 heavy (non-hydrogen) atoms. The normalized spacial score (nSPS) is 27.3. The highest BCUT2D eigenvalue weighted by molar-refractivity contribution is 5.77. The van der Waals surface area contributed by atoms with E-state index in [0.717, 1.165) is 70.1 Å². The Morgan fingerprint density at radius 1 is 1.36 bits per heavy atom. The molecule has 0 radical (unpaired) electrons. The van der Waals surface area contributed by atoms with Crippen LogP contribution in [0.4, 0.5) is 0 Å². The monoisotopic (exact) mass is 346 g/mol. The Hall–Kier alpha value is -1.40. The van der Waals surface area contributed by atoms with E-state index in [9.17, 15) is 4.79 Å². The smallest absolute Gasteiger partial charge is 0.222 e. The van der Waals surface area contributed by atoms with Crippen LogP contribution in [0, 0.1) is 12.3 Å². The van der Waals surface area contributed by atoms with Crippen LogP contribution in [0.15, 0.2) is 6.20 Å². The van der Waals surface area contributed by atoms with Crippen LogP contribution < -0.4 is 0 Å². The van der Waals surface area contributed by atoms with Gasteiger partial charge in [0.1, 0.15) is 5.82 Å². The second-order valence-electron chi connectivity index (χ2n) is 8.20. The number of nitrogens with zero attached hydrogens (tertiary/aromatic N) is 3. The summed E-state index contributed by atoms with van der Waals surface area (Å²) in [5, 5.41) is 0. The second-order valence-corrected chi connectivity index (χ2v) is 8.20. The summed E-state index contributed by atoms with van der Waals surface area (Å²) >= 11 is 0. The summed E-state index contributed by atoms with van der Waals surface area (Å²) in [5.74, 6) is 1.39. The molecule has 3 saturated heterocycles. The van der Waals surface area contributed by atoms with Crippen molar-refractivity contribution in [1.29, 1.82) is 0 Å². The zero-order valence-corrected chi connectivity index (χ0v) is 15.3. The van der Waals surface area contributed by atoms with Gasteiger partial charge in [0.25, 0.3) is 0 Å². The van der Waals surface area contributed by atoms with E-state index in [4.69, 9.17) is 4.74 Å². The maximum Gasteiger partial charge on any atom is 0.222 e. The lowest BCUT2D eigenvalue weighted by Crippen LogP contribution is -2.52. The fraction of sp³-hybridized carbons (Fsp3) is 0.789. The van der Waals surface area contributed by atoms with Crippen molar-refractivity contribution in [1.82, 2.24) is 19.8 Å². The molecule has 1 aromatic heterocycles. The number of H-pyrrole nitrogens is 1. The predicted molar refractivity (Wildman–Crippen MR) is 95.1 cm³/mol. The predicted octanol–water partition coefficient (Wildman–Crippen LogP) is 2.10. The molecule has 3 aliphatic heterocycles. The van der Waals surface area contributed by atoms with Gasteiger partial charge in [-0.25, -0.2) is 4.98 Å². The van der Waals surface area contributed by atoms with Crippen molar-refractivity contribution in [2.75, 3.05) is 32.8 Å². The molecule has 6 heteroatoms. The number of likely N-dealkylation sites (tertiary alicyclic amines) is 2. The third-order valence-corrected chi connectivity index (χ3v) is 6.24. The number of carbonyl (C=O) groups is 1. The summed E-state index contributed by atoms with van der Waals surface area (Å²) in [4.78, 5) is 24.7. The van der Waals surface area contributed by atoms with E-state index in [1.807, 2.05) is 13.1 Å². The van der Waals surface area contributed by atoms with Crippen molar-refractivity contribution in [2.45, 2.75) is 58.1 Å². The minimum atomic E-state index is 0.265. The van der Waals surface area contributed by atoms with Crippen molar-refractivity contribution in [3.05, 3.63) is 17.7 Å². The maximum absolute atomic E-state index is 12.4. The number of nitrogens with one attached hydrogen (secondary N) is 1. The third kappa shape index (κ3) is 3.90. The average Bonchev–Trinajstić information content (AvgIpc) is 3.25. The molecule has 1 N–H and O–H groups in total. The first-order valence-corrected chi connectivity index (χ1v) is 9.74. The molecule has 1 amide bonds. The van der Waals surface area contributed by atoms with Crippen molar-refractivity contribution in [3.63, 3.8) is 0 Å². The summed E-state index contributed by atoms with van der Waals surface area (Å²) in [6.07, 6.45) is 8.54. The molecule has 1 atom stereocenters. The lowest BCUT2D eigenvalue weighted by Gasteiger charge is -2.47. The van der Waals surface area contributed by atoms with E-state index in [2.05, 4.69) is 19.8 Å². The topological polar surface area (TPSA) is 61.5 Å². The Balaban J connectivity index is 1.32. The standard InChI is InChI=1S/C19H30N4O2/c1-15-11-20-17(21-15)13-22-8-6-19(7-9-22)5-4-18(24)23(14-19)12-16-3-2-10-25-16/h11,16H,2-10,12-14H2,1H3,(H,20,21)/t16-/m1/s1. The Morgan fingerprint density at radius 3 is 2.88 bits per heavy atom. The SMILES string of the molecule is Cc1cnc(CN2CCC3(CCC(=O)N(C[C@H]4CCCO4)C3)CC2)[nH]1. The number of imidazole rings is 1. The number of hydrogen-bond donors (Lipinski definition) is 1. The van der Waals surface area contributed by atoms with Gasteiger partial charge < -0.3 is 14.6 Å². The fourth-order valence-electron chi connectivity index (χ4n) is 4.66. The number of rotatable bonds is 4. The van der Waals surface area contributed by atoms with E-state index in [1.54, 1.807) is 0 Å². The van der Waals surface area contributed by atoms with Crippen LogP contribution >= 0.6 is 0 Å². The lowest BCUT2D eigenvalue weighted by atomic mass is 9.72. The molecule has 1 spiro atoms. The number of piperidine rings is 2. The van der Waals surface area contributed by atoms with Crippen molar-refractivity contribution in [2.24, 2.45) is 5.41 Å². The summed E-state index contributed by atoms with van der Waals surface area (Å²) in [6.45, 7) is 7.74. The fourth-order valence-corrected chi connectivity index (χ4v) is 4.66. The van der Waals surface area contributed by atoms with E-state index >= 15 is 0 Å². The first-order chi connectivity index (χ1) is 12.1. The van der Waals surface area contributed by atoms with E-state index in [1.165, 1.54) is 12.8 Å². The number of hydrogen-bond acceptors (Lipinski definition) is 4. The molecule has 4 rings (SSSR count). The van der Waals surface area contributed by atoms with Crippen molar-refractivity contribution >= 4 is 5.91 Å². The van der Waals surface area contributed by atoms with Crippen LogP contribution in [0.5, 0.6) is 0 Å². The Morgan fingerprint density at radius 2 is 2.20 bits per heavy atom. The number of aromatic nitrogens is 2. The minimum absolute atomic E-state index is 0.265. The summed E-state index contributed by atoms with van der Waals surface area (Å²) in [7, 11) is 0. The summed E-state index contributed by atoms with van der Waals surface area (Å²) in [5.41, 5.74) is 1.45. The Bertz CT molecular complexity index is 600. The van der Waals surface area contributed by atoms with Gasteiger partial charge in [-0.05, 0) is 57.5 Å². The summed E-state index contributed by atoms with van der Waals surface area (Å²) in [6, 6.07) is 0. The number of aryl methyl sites for hydroxylation is 1. The molecule has 0 bridgehead atoms. The van der Waals surface area contributed by atoms with Crippen LogP contribution in [0.2, 0.25) is 0 Å². The average molecular weight is 346 g/mol. The minimum Gasteiger partial charge on any atom is -0.376 e. The summed E-state index contributed by atoms with van der Waals surface area (Å²) < 4.78 is 5.75. The van der Waals surface area contributed by atoms with Crippen LogP contribution in [0.3, 0.4) is 0 Å². The van der Waals surface area contributed by atoms with Crippen molar-refractivity contribution < 1.29 is 9.53 Å². The first-order valence-electron chi connectivity index (χ1n) is 9.74. The van der Waals surface area contributed by atoms with Crippen LogP contribution in [0.1, 0.15) is 50.0 Å². The molecule has 0 unspecified atom stereocenters. The quantitative estimate of drug-likeness (QED) is 0.907. The van der Waals surface area contributed by atoms with E-state index in [-0.39, 0.29) is 6.10 Å². The van der Waals surface area contributed by atoms with Crippen LogP contribution in [-0.2, 0) is 16.1 Å². The van der Waals surface area contributed by atoms with Gasteiger partial charge in [0.05, 0.1) is 12.6 Å². The second kappa shape index (κ2) is 7.08. The van der Waals surface area contributed by atoms with Crippen molar-refractivity contribution in [3.8, 4) is 0 Å². The van der Waals surface area contributed by atoms with Gasteiger partial charge in [-0.1, -0.05) is 0 Å². The molecule has 0 aromatic carbocycles. The van der Waals surface area contributed by atoms with Gasteiger partial charge >= 0.3 is 0 Å². The molecule has 3 aliphatic rings. The molecular formula is C19H30N4O2. The van der Waals surface area contributed by atoms with E-state index < -0.39 is 0 Å². The molecule has 138 valence electrons. The molecule has 4 heterocycles. The highest BCUT2D eigenvalue weighted by Crippen LogP contribution is 2.40. The lowest BCUT2D eigenvalue weighted by molar-refractivity contribution is -0.141.